The molecule has 0 heterocycles. The van der Waals surface area contributed by atoms with E-state index in [9.17, 15) is 173 Å². The highest BCUT2D eigenvalue weighted by molar-refractivity contribution is 6.00. The molecule has 0 fully saturated rings. The predicted octanol–water partition coefficient (Wildman–Crippen LogP) is 14.3. The molecule has 474 valence electrons. The van der Waals surface area contributed by atoms with Gasteiger partial charge in [0.15, 0.2) is 6.73 Å². The molecule has 0 spiro atoms. The first-order valence-corrected chi connectivity index (χ1v) is 18.4. The van der Waals surface area contributed by atoms with Crippen molar-refractivity contribution in [2.24, 2.45) is 9.98 Å². The minimum atomic E-state index is -10.7. The summed E-state index contributed by atoms with van der Waals surface area (Å²) in [5, 5.41) is 1.02. The van der Waals surface area contributed by atoms with Crippen molar-refractivity contribution in [1.29, 1.82) is 0 Å². The molecule has 0 aliphatic rings. The van der Waals surface area contributed by atoms with Gasteiger partial charge in [-0.1, -0.05) is 0 Å². The number of alkyl halides is 41. The van der Waals surface area contributed by atoms with Gasteiger partial charge in [0.1, 0.15) is 0 Å². The van der Waals surface area contributed by atoms with Crippen LogP contribution < -0.4 is 5.32 Å². The number of isocyanates is 2. The second-order valence-corrected chi connectivity index (χ2v) is 15.4. The number of amides is 1. The Hall–Kier alpha value is -5.95. The van der Waals surface area contributed by atoms with Crippen molar-refractivity contribution in [3.63, 3.8) is 0 Å². The van der Waals surface area contributed by atoms with E-state index in [1.165, 1.54) is 0 Å². The molecule has 0 saturated carbocycles. The Balaban J connectivity index is 4.36. The molecule has 0 saturated heterocycles. The fraction of sp³-hybridized carbons (Fsp3) is 0.697. The molecule has 1 aromatic carbocycles. The zero-order valence-electron chi connectivity index (χ0n) is 36.7. The largest absolute Gasteiger partial charge is 0.460 e. The molecule has 1 amide bonds. The van der Waals surface area contributed by atoms with Gasteiger partial charge in [0.05, 0.1) is 22.5 Å². The molecular weight excluding hydrogens is 1300 g/mol. The lowest BCUT2D eigenvalue weighted by Crippen LogP contribution is -2.80. The molecule has 1 N–H and O–H groups in total. The molecule has 1 aromatic rings. The van der Waals surface area contributed by atoms with Gasteiger partial charge >= 0.3 is 125 Å². The van der Waals surface area contributed by atoms with Gasteiger partial charge in [0.25, 0.3) is 5.91 Å². The van der Waals surface area contributed by atoms with Crippen LogP contribution in [0.4, 0.5) is 191 Å². The second-order valence-electron chi connectivity index (χ2n) is 15.4. The van der Waals surface area contributed by atoms with Crippen LogP contribution in [0.1, 0.15) is 28.4 Å². The second kappa shape index (κ2) is 20.1. The number of aliphatic imine (C=N–C) groups is 2. The Morgan fingerprint density at radius 2 is 0.610 bits per heavy atom. The Kier molecular flexibility index (Phi) is 18.2. The molecule has 0 bridgehead atoms. The fourth-order valence-corrected chi connectivity index (χ4v) is 5.64. The number of hydrogen-bond donors (Lipinski definition) is 1. The quantitative estimate of drug-likeness (QED) is 0.0364. The number of carbonyl (C=O) groups excluding carboxylic acids is 4. The van der Waals surface area contributed by atoms with Crippen LogP contribution in [-0.2, 0) is 25.0 Å². The molecule has 0 aromatic heterocycles. The van der Waals surface area contributed by atoms with E-state index >= 15 is 26.3 Å². The number of carbonyl (C=O) groups is 2. The summed E-state index contributed by atoms with van der Waals surface area (Å²) in [5.74, 6) is -197. The number of nitrogens with zero attached hydrogens (tertiary/aromatic N) is 2. The summed E-state index contributed by atoms with van der Waals surface area (Å²) < 4.78 is 586. The van der Waals surface area contributed by atoms with Crippen molar-refractivity contribution in [1.82, 2.24) is 5.32 Å². The van der Waals surface area contributed by atoms with E-state index in [1.54, 1.807) is 0 Å². The third-order valence-electron chi connectivity index (χ3n) is 10.4. The van der Waals surface area contributed by atoms with E-state index in [0.29, 0.717) is 13.0 Å². The van der Waals surface area contributed by atoms with Gasteiger partial charge in [-0.25, -0.2) is 9.59 Å². The number of halogens is 41. The number of rotatable bonds is 24. The molecule has 82 heavy (non-hydrogen) atoms. The van der Waals surface area contributed by atoms with Gasteiger partial charge in [-0.15, -0.1) is 0 Å². The lowest BCUT2D eigenvalue weighted by molar-refractivity contribution is -0.495. The molecule has 1 rings (SSSR count). The van der Waals surface area contributed by atoms with Crippen LogP contribution in [0.25, 0.3) is 0 Å². The van der Waals surface area contributed by atoms with Crippen LogP contribution in [0.5, 0.6) is 0 Å². The van der Waals surface area contributed by atoms with E-state index in [2.05, 4.69) is 9.73 Å². The maximum atomic E-state index is 15.7. The monoisotopic (exact) mass is 1310 g/mol. The predicted molar refractivity (Wildman–Crippen MR) is 170 cm³/mol. The van der Waals surface area contributed by atoms with Crippen molar-refractivity contribution < 1.29 is 204 Å². The Bertz CT molecular complexity index is 2710. The molecular formula is C33H10F41N3O5. The highest BCUT2D eigenvalue weighted by Crippen LogP contribution is 2.72. The van der Waals surface area contributed by atoms with E-state index in [4.69, 9.17) is 0 Å². The van der Waals surface area contributed by atoms with Gasteiger partial charge in [-0.05, 0) is 18.6 Å². The van der Waals surface area contributed by atoms with Crippen LogP contribution >= 0.6 is 0 Å². The minimum Gasteiger partial charge on any atom is -0.445 e. The zero-order valence-corrected chi connectivity index (χ0v) is 36.7. The third kappa shape index (κ3) is 9.22. The van der Waals surface area contributed by atoms with E-state index in [0.717, 1.165) is 5.32 Å². The number of benzene rings is 1. The van der Waals surface area contributed by atoms with Crippen molar-refractivity contribution in [2.75, 3.05) is 6.73 Å². The lowest BCUT2D eigenvalue weighted by Gasteiger charge is -2.47. The molecule has 8 nitrogen and oxygen atoms in total. The molecule has 0 aliphatic carbocycles. The normalized spacial score (nSPS) is 15.6. The van der Waals surface area contributed by atoms with Gasteiger partial charge < -0.3 is 10.1 Å². The Labute approximate surface area is 417 Å². The maximum Gasteiger partial charge on any atom is 0.460 e. The van der Waals surface area contributed by atoms with Crippen LogP contribution in [0.15, 0.2) is 16.1 Å². The van der Waals surface area contributed by atoms with Crippen molar-refractivity contribution in [3.05, 3.63) is 22.8 Å². The standard InChI is InChI=1S/C33H10F41N3O5/c1-7-9(75-4-78)3-10(76-5-79)12(11(7)13(81)77-6-82-8(2)80)14(34,35)15(36,37)16(38,39)17(40,41)18(42,43)19(44,45)20(46,47)21(48,49)22(50,51)23(52,53)24(54,55)25(56,57)26(58,59)27(60,61)28(62,63)29(64,65)30(66,67)31(68,69)32(70,71)33(72,73)74/h3H,6H2,1-2H3,(H,77,81). The van der Waals surface area contributed by atoms with E-state index in [1.807, 2.05) is 4.99 Å². The van der Waals surface area contributed by atoms with Crippen molar-refractivity contribution in [2.45, 2.75) is 133 Å². The average molecular weight is 1310 g/mol. The summed E-state index contributed by atoms with van der Waals surface area (Å²) >= 11 is 0. The molecule has 0 aliphatic heterocycles. The number of ether oxygens (including phenoxy) is 1. The van der Waals surface area contributed by atoms with Crippen LogP contribution in [0, 0.1) is 6.92 Å². The Morgan fingerprint density at radius 3 is 0.829 bits per heavy atom. The average Bonchev–Trinajstić information content (AvgIpc) is 3.27. The summed E-state index contributed by atoms with van der Waals surface area (Å²) in [6.45, 7) is -1.36. The van der Waals surface area contributed by atoms with Gasteiger partial charge in [0.2, 0.25) is 12.2 Å². The summed E-state index contributed by atoms with van der Waals surface area (Å²) in [6, 6.07) is -0.617. The minimum absolute atomic E-state index is 0.00210. The van der Waals surface area contributed by atoms with Crippen LogP contribution in [0.2, 0.25) is 0 Å². The van der Waals surface area contributed by atoms with E-state index < -0.39 is 171 Å². The van der Waals surface area contributed by atoms with E-state index in [-0.39, 0.29) is 13.0 Å². The zero-order chi connectivity index (χ0) is 66.7. The van der Waals surface area contributed by atoms with Gasteiger partial charge in [-0.3, -0.25) is 9.59 Å². The molecule has 49 heteroatoms. The smallest absolute Gasteiger partial charge is 0.445 e. The van der Waals surface area contributed by atoms with Crippen molar-refractivity contribution >= 4 is 35.4 Å². The topological polar surface area (TPSA) is 114 Å². The molecule has 0 atom stereocenters. The van der Waals surface area contributed by atoms with Crippen LogP contribution in [-0.4, -0.2) is 144 Å². The highest BCUT2D eigenvalue weighted by Gasteiger charge is 3.03. The number of esters is 1. The SMILES string of the molecule is CC(=O)OCNC(=O)c1c(C)c(N=C=O)cc(N=C=O)c1C(F)(F)C(F)(F)C(F)(F)C(F)(F)C(F)(F)C(F)(F)C(F)(F)C(F)(F)C(F)(F)C(F)(F)C(F)(F)C(F)(F)C(F)(F)C(F)(F)C(F)(F)C(F)(F)C(F)(F)C(F)(F)C(F)(F)C(F)(F)F. The first kappa shape index (κ1) is 74.1. The summed E-state index contributed by atoms with van der Waals surface area (Å²) in [4.78, 5) is 49.9. The summed E-state index contributed by atoms with van der Waals surface area (Å²) in [5.41, 5.74) is -12.5. The summed E-state index contributed by atoms with van der Waals surface area (Å²) in [6.07, 6.45) is -8.14. The molecule has 0 unspecified atom stereocenters. The fourth-order valence-electron chi connectivity index (χ4n) is 5.64. The summed E-state index contributed by atoms with van der Waals surface area (Å²) in [7, 11) is 0. The molecule has 0 radical (unpaired) electrons. The van der Waals surface area contributed by atoms with Gasteiger partial charge in [-0.2, -0.15) is 190 Å². The van der Waals surface area contributed by atoms with Crippen molar-refractivity contribution in [3.8, 4) is 0 Å². The van der Waals surface area contributed by atoms with Gasteiger partial charge in [0, 0.05) is 6.92 Å². The Morgan fingerprint density at radius 1 is 0.390 bits per heavy atom. The lowest BCUT2D eigenvalue weighted by atomic mass is 9.81. The number of hydrogen-bond acceptors (Lipinski definition) is 7. The highest BCUT2D eigenvalue weighted by atomic mass is 19.4. The first-order valence-electron chi connectivity index (χ1n) is 18.4. The van der Waals surface area contributed by atoms with Crippen LogP contribution in [0.3, 0.4) is 0 Å². The third-order valence-corrected chi connectivity index (χ3v) is 10.4. The first-order chi connectivity index (χ1) is 35.4. The maximum absolute atomic E-state index is 15.7. The number of nitrogens with one attached hydrogen (secondary N) is 1.